The summed E-state index contributed by atoms with van der Waals surface area (Å²) in [5.74, 6) is -1.47. The summed E-state index contributed by atoms with van der Waals surface area (Å²) in [5, 5.41) is 2.44. The number of carbonyl (C=O) groups excluding carboxylic acids is 1. The summed E-state index contributed by atoms with van der Waals surface area (Å²) < 4.78 is 66.4. The first-order valence-corrected chi connectivity index (χ1v) is 7.63. The molecule has 0 atom stereocenters. The molecule has 6 nitrogen and oxygen atoms in total. The molecule has 0 aliphatic carbocycles. The molecule has 0 saturated heterocycles. The van der Waals surface area contributed by atoms with E-state index in [1.54, 1.807) is 13.8 Å². The van der Waals surface area contributed by atoms with Crippen molar-refractivity contribution in [3.8, 4) is 5.75 Å². The lowest BCUT2D eigenvalue weighted by Gasteiger charge is -2.14. The first-order chi connectivity index (χ1) is 10.0. The van der Waals surface area contributed by atoms with Crippen LogP contribution < -0.4 is 14.8 Å². The van der Waals surface area contributed by atoms with Crippen molar-refractivity contribution in [2.24, 2.45) is 0 Å². The number of alkyl halides is 3. The molecule has 1 aromatic carbocycles. The molecule has 0 aliphatic rings. The van der Waals surface area contributed by atoms with Crippen LogP contribution in [0.25, 0.3) is 0 Å². The lowest BCUT2D eigenvalue weighted by atomic mass is 10.3. The molecule has 1 amide bonds. The zero-order chi connectivity index (χ0) is 17.0. The summed E-state index contributed by atoms with van der Waals surface area (Å²) in [6.07, 6.45) is -5.03. The van der Waals surface area contributed by atoms with Gasteiger partial charge in [0, 0.05) is 6.04 Å². The van der Waals surface area contributed by atoms with Gasteiger partial charge in [-0.25, -0.2) is 13.1 Å². The molecule has 0 aromatic heterocycles. The number of rotatable bonds is 6. The molecule has 2 N–H and O–H groups in total. The van der Waals surface area contributed by atoms with Crippen LogP contribution in [0.1, 0.15) is 13.8 Å². The molecule has 10 heteroatoms. The van der Waals surface area contributed by atoms with Crippen LogP contribution in [0.2, 0.25) is 0 Å². The lowest BCUT2D eigenvalue weighted by Crippen LogP contribution is -2.39. The van der Waals surface area contributed by atoms with Gasteiger partial charge in [0.05, 0.1) is 6.54 Å². The van der Waals surface area contributed by atoms with E-state index in [0.717, 1.165) is 12.1 Å². The molecular formula is C12H15F3N2O4S. The molecule has 0 spiro atoms. The number of hydrogen-bond donors (Lipinski definition) is 2. The molecule has 0 radical (unpaired) electrons. The van der Waals surface area contributed by atoms with Gasteiger partial charge in [0.2, 0.25) is 15.9 Å². The van der Waals surface area contributed by atoms with Crippen LogP contribution in [0.3, 0.4) is 0 Å². The zero-order valence-corrected chi connectivity index (χ0v) is 12.6. The third-order valence-corrected chi connectivity index (χ3v) is 3.68. The van der Waals surface area contributed by atoms with E-state index < -0.39 is 39.5 Å². The molecule has 1 aromatic rings. The zero-order valence-electron chi connectivity index (χ0n) is 11.8. The Morgan fingerprint density at radius 1 is 1.27 bits per heavy atom. The monoisotopic (exact) mass is 340 g/mol. The van der Waals surface area contributed by atoms with Gasteiger partial charge in [-0.15, -0.1) is 13.2 Å². The maximum Gasteiger partial charge on any atom is 0.573 e. The van der Waals surface area contributed by atoms with Crippen LogP contribution in [0.4, 0.5) is 13.2 Å². The van der Waals surface area contributed by atoms with Crippen LogP contribution in [0, 0.1) is 0 Å². The average molecular weight is 340 g/mol. The Bertz CT molecular complexity index is 630. The lowest BCUT2D eigenvalue weighted by molar-refractivity contribution is -0.275. The van der Waals surface area contributed by atoms with Crippen molar-refractivity contribution >= 4 is 15.9 Å². The van der Waals surface area contributed by atoms with Crippen LogP contribution in [-0.2, 0) is 14.8 Å². The molecule has 0 fully saturated rings. The summed E-state index contributed by atoms with van der Waals surface area (Å²) in [7, 11) is -4.33. The first kappa shape index (κ1) is 18.2. The van der Waals surface area contributed by atoms with Crippen molar-refractivity contribution in [2.75, 3.05) is 6.54 Å². The van der Waals surface area contributed by atoms with Gasteiger partial charge in [0.15, 0.2) is 0 Å². The quantitative estimate of drug-likeness (QED) is 0.820. The molecule has 124 valence electrons. The number of halogens is 3. The van der Waals surface area contributed by atoms with E-state index in [1.165, 1.54) is 12.1 Å². The second-order valence-corrected chi connectivity index (χ2v) is 6.28. The number of carbonyl (C=O) groups is 1. The smallest absolute Gasteiger partial charge is 0.404 e. The maximum absolute atomic E-state index is 12.3. The van der Waals surface area contributed by atoms with E-state index in [4.69, 9.17) is 0 Å². The topological polar surface area (TPSA) is 84.5 Å². The van der Waals surface area contributed by atoms with Crippen molar-refractivity contribution in [1.29, 1.82) is 0 Å². The van der Waals surface area contributed by atoms with Gasteiger partial charge >= 0.3 is 6.36 Å². The van der Waals surface area contributed by atoms with Crippen molar-refractivity contribution < 1.29 is 31.1 Å². The fourth-order valence-corrected chi connectivity index (χ4v) is 2.60. The van der Waals surface area contributed by atoms with Gasteiger partial charge in [0.1, 0.15) is 10.6 Å². The number of ether oxygens (including phenoxy) is 1. The molecule has 22 heavy (non-hydrogen) atoms. The van der Waals surface area contributed by atoms with Gasteiger partial charge in [-0.1, -0.05) is 12.1 Å². The Morgan fingerprint density at radius 2 is 1.86 bits per heavy atom. The summed E-state index contributed by atoms with van der Waals surface area (Å²) in [6.45, 7) is 2.76. The average Bonchev–Trinajstić information content (AvgIpc) is 2.34. The molecule has 0 saturated carbocycles. The van der Waals surface area contributed by atoms with E-state index in [9.17, 15) is 26.4 Å². The highest BCUT2D eigenvalue weighted by Crippen LogP contribution is 2.28. The van der Waals surface area contributed by atoms with Crippen LogP contribution >= 0.6 is 0 Å². The first-order valence-electron chi connectivity index (χ1n) is 6.15. The third-order valence-electron chi connectivity index (χ3n) is 2.24. The van der Waals surface area contributed by atoms with E-state index in [2.05, 4.69) is 10.1 Å². The minimum Gasteiger partial charge on any atom is -0.404 e. The van der Waals surface area contributed by atoms with E-state index in [-0.39, 0.29) is 6.04 Å². The fraction of sp³-hybridized carbons (Fsp3) is 0.417. The Morgan fingerprint density at radius 3 is 2.41 bits per heavy atom. The van der Waals surface area contributed by atoms with Gasteiger partial charge in [-0.3, -0.25) is 4.79 Å². The van der Waals surface area contributed by atoms with E-state index in [1.807, 2.05) is 4.72 Å². The highest BCUT2D eigenvalue weighted by molar-refractivity contribution is 7.89. The van der Waals surface area contributed by atoms with Crippen molar-refractivity contribution in [3.63, 3.8) is 0 Å². The SMILES string of the molecule is CC(C)NC(=O)CNS(=O)(=O)c1ccccc1OC(F)(F)F. The summed E-state index contributed by atoms with van der Waals surface area (Å²) in [4.78, 5) is 10.7. The van der Waals surface area contributed by atoms with E-state index in [0.29, 0.717) is 0 Å². The molecule has 0 bridgehead atoms. The predicted molar refractivity (Wildman–Crippen MR) is 71.6 cm³/mol. The Labute approximate surface area is 125 Å². The molecule has 0 aliphatic heterocycles. The molecule has 0 heterocycles. The van der Waals surface area contributed by atoms with Crippen molar-refractivity contribution in [2.45, 2.75) is 31.1 Å². The predicted octanol–water partition coefficient (Wildman–Crippen LogP) is 1.39. The van der Waals surface area contributed by atoms with Crippen LogP contribution in [0.15, 0.2) is 29.2 Å². The summed E-state index contributed by atoms with van der Waals surface area (Å²) in [5.41, 5.74) is 0. The number of amides is 1. The van der Waals surface area contributed by atoms with Crippen LogP contribution in [0.5, 0.6) is 5.75 Å². The highest BCUT2D eigenvalue weighted by atomic mass is 32.2. The summed E-state index contributed by atoms with van der Waals surface area (Å²) >= 11 is 0. The second kappa shape index (κ2) is 6.97. The van der Waals surface area contributed by atoms with Gasteiger partial charge in [-0.2, -0.15) is 0 Å². The van der Waals surface area contributed by atoms with E-state index >= 15 is 0 Å². The maximum atomic E-state index is 12.3. The van der Waals surface area contributed by atoms with Crippen molar-refractivity contribution in [3.05, 3.63) is 24.3 Å². The van der Waals surface area contributed by atoms with Crippen LogP contribution in [-0.4, -0.2) is 33.3 Å². The van der Waals surface area contributed by atoms with Gasteiger partial charge in [-0.05, 0) is 26.0 Å². The molecule has 1 rings (SSSR count). The number of sulfonamides is 1. The number of hydrogen-bond acceptors (Lipinski definition) is 4. The second-order valence-electron chi connectivity index (χ2n) is 4.54. The third kappa shape index (κ3) is 5.90. The Kier molecular flexibility index (Phi) is 5.78. The van der Waals surface area contributed by atoms with Crippen molar-refractivity contribution in [1.82, 2.24) is 10.0 Å². The molecular weight excluding hydrogens is 325 g/mol. The number of benzene rings is 1. The van der Waals surface area contributed by atoms with Gasteiger partial charge in [0.25, 0.3) is 0 Å². The normalized spacial score (nSPS) is 12.3. The Hall–Kier alpha value is -1.81. The standard InChI is InChI=1S/C12H15F3N2O4S/c1-8(2)17-11(18)7-16-22(19,20)10-6-4-3-5-9(10)21-12(13,14)15/h3-6,8,16H,7H2,1-2H3,(H,17,18). The Balaban J connectivity index is 2.92. The number of nitrogens with one attached hydrogen (secondary N) is 2. The highest BCUT2D eigenvalue weighted by Gasteiger charge is 2.34. The minimum atomic E-state index is -5.03. The largest absolute Gasteiger partial charge is 0.573 e. The molecule has 0 unspecified atom stereocenters. The summed E-state index contributed by atoms with van der Waals surface area (Å²) in [6, 6.07) is 4.07. The van der Waals surface area contributed by atoms with Gasteiger partial charge < -0.3 is 10.1 Å². The fourth-order valence-electron chi connectivity index (χ4n) is 1.49. The number of para-hydroxylation sites is 1. The minimum absolute atomic E-state index is 0.196.